The monoisotopic (exact) mass is 555 g/mol. The average Bonchev–Trinajstić information content (AvgIpc) is 3.17. The SMILES string of the molecule is COc1ccc(S(=O)(=O)N(CCc2cccc(Cl)c2)C2CC(=O)N(c3ccc(NC(C)=O)cc3)C2=O)cc1. The molecule has 198 valence electrons. The van der Waals surface area contributed by atoms with Crippen molar-refractivity contribution < 1.29 is 27.5 Å². The van der Waals surface area contributed by atoms with Crippen LogP contribution < -0.4 is 15.0 Å². The zero-order chi connectivity index (χ0) is 27.4. The van der Waals surface area contributed by atoms with Crippen molar-refractivity contribution in [1.29, 1.82) is 0 Å². The summed E-state index contributed by atoms with van der Waals surface area (Å²) in [6.07, 6.45) is -0.0312. The molecule has 1 aliphatic rings. The standard InChI is InChI=1S/C27H26ClN3O6S/c1-18(32)29-21-6-8-22(9-7-21)31-26(33)17-25(27(31)34)30(15-14-19-4-3-5-20(28)16-19)38(35,36)24-12-10-23(37-2)11-13-24/h3-13,16,25H,14-15,17H2,1-2H3,(H,29,32). The van der Waals surface area contributed by atoms with Crippen LogP contribution in [0.5, 0.6) is 5.75 Å². The molecule has 1 heterocycles. The van der Waals surface area contributed by atoms with Crippen LogP contribution in [0.1, 0.15) is 18.9 Å². The molecule has 0 aromatic heterocycles. The number of imide groups is 1. The van der Waals surface area contributed by atoms with Gasteiger partial charge in [0.1, 0.15) is 11.8 Å². The second kappa shape index (κ2) is 11.3. The van der Waals surface area contributed by atoms with Gasteiger partial charge in [-0.25, -0.2) is 13.3 Å². The minimum absolute atomic E-state index is 0.0252. The minimum atomic E-state index is -4.17. The zero-order valence-electron chi connectivity index (χ0n) is 20.8. The fourth-order valence-electron chi connectivity index (χ4n) is 4.27. The lowest BCUT2D eigenvalue weighted by Crippen LogP contribution is -2.46. The average molecular weight is 556 g/mol. The van der Waals surface area contributed by atoms with Gasteiger partial charge in [0.15, 0.2) is 0 Å². The van der Waals surface area contributed by atoms with Crippen LogP contribution in [0.3, 0.4) is 0 Å². The first-order valence-electron chi connectivity index (χ1n) is 11.7. The Hall–Kier alpha value is -3.73. The second-order valence-corrected chi connectivity index (χ2v) is 11.0. The largest absolute Gasteiger partial charge is 0.497 e. The maximum atomic E-state index is 13.8. The number of nitrogens with zero attached hydrogens (tertiary/aromatic N) is 2. The number of carbonyl (C=O) groups excluding carboxylic acids is 3. The highest BCUT2D eigenvalue weighted by Crippen LogP contribution is 2.31. The normalized spacial score (nSPS) is 15.7. The molecule has 1 N–H and O–H groups in total. The number of halogens is 1. The van der Waals surface area contributed by atoms with Crippen LogP contribution in [0.4, 0.5) is 11.4 Å². The molecular formula is C27H26ClN3O6S. The van der Waals surface area contributed by atoms with Gasteiger partial charge >= 0.3 is 0 Å². The molecule has 0 spiro atoms. The molecule has 1 saturated heterocycles. The van der Waals surface area contributed by atoms with Crippen molar-refractivity contribution >= 4 is 50.7 Å². The summed E-state index contributed by atoms with van der Waals surface area (Å²) in [5, 5.41) is 3.13. The lowest BCUT2D eigenvalue weighted by molar-refractivity contribution is -0.122. The van der Waals surface area contributed by atoms with Gasteiger partial charge in [-0.15, -0.1) is 0 Å². The second-order valence-electron chi connectivity index (χ2n) is 8.69. The third-order valence-corrected chi connectivity index (χ3v) is 8.25. The Morgan fingerprint density at radius 1 is 1.08 bits per heavy atom. The summed E-state index contributed by atoms with van der Waals surface area (Å²) in [6, 6.07) is 17.8. The van der Waals surface area contributed by atoms with Gasteiger partial charge in [0, 0.05) is 24.2 Å². The summed E-state index contributed by atoms with van der Waals surface area (Å²) in [5.41, 5.74) is 1.57. The summed E-state index contributed by atoms with van der Waals surface area (Å²) < 4.78 is 33.8. The predicted molar refractivity (Wildman–Crippen MR) is 144 cm³/mol. The Morgan fingerprint density at radius 3 is 2.37 bits per heavy atom. The van der Waals surface area contributed by atoms with E-state index in [2.05, 4.69) is 5.32 Å². The van der Waals surface area contributed by atoms with Crippen LogP contribution in [0, 0.1) is 0 Å². The molecule has 0 saturated carbocycles. The highest BCUT2D eigenvalue weighted by molar-refractivity contribution is 7.89. The molecule has 0 bridgehead atoms. The molecule has 1 unspecified atom stereocenters. The van der Waals surface area contributed by atoms with E-state index in [1.807, 2.05) is 6.07 Å². The number of hydrogen-bond donors (Lipinski definition) is 1. The fourth-order valence-corrected chi connectivity index (χ4v) is 6.06. The molecule has 3 amide bonds. The van der Waals surface area contributed by atoms with E-state index >= 15 is 0 Å². The van der Waals surface area contributed by atoms with Gasteiger partial charge in [-0.05, 0) is 72.6 Å². The van der Waals surface area contributed by atoms with Crippen LogP contribution in [-0.2, 0) is 30.8 Å². The molecule has 4 rings (SSSR count). The van der Waals surface area contributed by atoms with E-state index in [0.717, 1.165) is 14.8 Å². The maximum Gasteiger partial charge on any atom is 0.252 e. The summed E-state index contributed by atoms with van der Waals surface area (Å²) in [6.45, 7) is 1.32. The van der Waals surface area contributed by atoms with Crippen molar-refractivity contribution in [3.8, 4) is 5.75 Å². The van der Waals surface area contributed by atoms with Crippen LogP contribution in [-0.4, -0.2) is 50.1 Å². The summed E-state index contributed by atoms with van der Waals surface area (Å²) >= 11 is 6.10. The number of nitrogens with one attached hydrogen (secondary N) is 1. The minimum Gasteiger partial charge on any atom is -0.497 e. The third-order valence-electron chi connectivity index (χ3n) is 6.09. The van der Waals surface area contributed by atoms with E-state index in [9.17, 15) is 22.8 Å². The zero-order valence-corrected chi connectivity index (χ0v) is 22.3. The lowest BCUT2D eigenvalue weighted by Gasteiger charge is -2.27. The highest BCUT2D eigenvalue weighted by atomic mass is 35.5. The van der Waals surface area contributed by atoms with Crippen LogP contribution >= 0.6 is 11.6 Å². The van der Waals surface area contributed by atoms with Crippen molar-refractivity contribution in [2.24, 2.45) is 0 Å². The van der Waals surface area contributed by atoms with Crippen LogP contribution in [0.15, 0.2) is 77.7 Å². The molecule has 1 aliphatic heterocycles. The van der Waals surface area contributed by atoms with Crippen molar-refractivity contribution in [1.82, 2.24) is 4.31 Å². The molecule has 11 heteroatoms. The number of sulfonamides is 1. The summed E-state index contributed by atoms with van der Waals surface area (Å²) in [4.78, 5) is 38.8. The Bertz CT molecular complexity index is 1460. The number of anilines is 2. The number of benzene rings is 3. The lowest BCUT2D eigenvalue weighted by atomic mass is 10.1. The molecule has 1 fully saturated rings. The first kappa shape index (κ1) is 27.3. The molecule has 3 aromatic carbocycles. The first-order valence-corrected chi connectivity index (χ1v) is 13.6. The molecule has 0 aliphatic carbocycles. The number of rotatable bonds is 9. The Kier molecular flexibility index (Phi) is 8.15. The van der Waals surface area contributed by atoms with E-state index in [0.29, 0.717) is 16.5 Å². The number of hydrogen-bond acceptors (Lipinski definition) is 6. The van der Waals surface area contributed by atoms with E-state index in [1.54, 1.807) is 30.3 Å². The van der Waals surface area contributed by atoms with Gasteiger partial charge in [0.05, 0.1) is 24.1 Å². The van der Waals surface area contributed by atoms with Gasteiger partial charge in [-0.3, -0.25) is 14.4 Å². The number of amides is 3. The topological polar surface area (TPSA) is 113 Å². The number of carbonyl (C=O) groups is 3. The molecular weight excluding hydrogens is 530 g/mol. The Labute approximate surface area is 226 Å². The van der Waals surface area contributed by atoms with Crippen molar-refractivity contribution in [3.05, 3.63) is 83.4 Å². The van der Waals surface area contributed by atoms with E-state index in [-0.39, 0.29) is 35.9 Å². The summed E-state index contributed by atoms with van der Waals surface area (Å²) in [5.74, 6) is -0.948. The molecule has 38 heavy (non-hydrogen) atoms. The van der Waals surface area contributed by atoms with Crippen LogP contribution in [0.2, 0.25) is 5.02 Å². The van der Waals surface area contributed by atoms with E-state index in [1.165, 1.54) is 50.4 Å². The quantitative estimate of drug-likeness (QED) is 0.401. The van der Waals surface area contributed by atoms with Gasteiger partial charge in [0.25, 0.3) is 5.91 Å². The van der Waals surface area contributed by atoms with Gasteiger partial charge in [0.2, 0.25) is 21.8 Å². The van der Waals surface area contributed by atoms with Crippen molar-refractivity contribution in [2.45, 2.75) is 30.7 Å². The third kappa shape index (κ3) is 5.88. The van der Waals surface area contributed by atoms with Gasteiger partial charge in [-0.1, -0.05) is 23.7 Å². The molecule has 0 radical (unpaired) electrons. The highest BCUT2D eigenvalue weighted by Gasteiger charge is 2.46. The van der Waals surface area contributed by atoms with E-state index in [4.69, 9.17) is 16.3 Å². The van der Waals surface area contributed by atoms with Gasteiger partial charge < -0.3 is 10.1 Å². The maximum absolute atomic E-state index is 13.8. The number of methoxy groups -OCH3 is 1. The summed E-state index contributed by atoms with van der Waals surface area (Å²) in [7, 11) is -2.70. The number of ether oxygens (including phenoxy) is 1. The Morgan fingerprint density at radius 2 is 1.76 bits per heavy atom. The van der Waals surface area contributed by atoms with Crippen molar-refractivity contribution in [2.75, 3.05) is 23.9 Å². The van der Waals surface area contributed by atoms with Crippen molar-refractivity contribution in [3.63, 3.8) is 0 Å². The molecule has 3 aromatic rings. The van der Waals surface area contributed by atoms with Crippen LogP contribution in [0.25, 0.3) is 0 Å². The molecule has 1 atom stereocenters. The molecule has 9 nitrogen and oxygen atoms in total. The van der Waals surface area contributed by atoms with E-state index < -0.39 is 27.9 Å². The first-order chi connectivity index (χ1) is 18.1. The fraction of sp³-hybridized carbons (Fsp3) is 0.222. The predicted octanol–water partition coefficient (Wildman–Crippen LogP) is 3.87. The smallest absolute Gasteiger partial charge is 0.252 e. The Balaban J connectivity index is 1.66. The van der Waals surface area contributed by atoms with Gasteiger partial charge in [-0.2, -0.15) is 4.31 Å².